The molecule has 0 bridgehead atoms. The Morgan fingerprint density at radius 2 is 1.62 bits per heavy atom. The van der Waals surface area contributed by atoms with Gasteiger partial charge in [-0.3, -0.25) is 9.59 Å². The van der Waals surface area contributed by atoms with E-state index in [1.54, 1.807) is 0 Å². The van der Waals surface area contributed by atoms with Crippen molar-refractivity contribution in [3.05, 3.63) is 30.6 Å². The highest BCUT2D eigenvalue weighted by molar-refractivity contribution is 5.75. The fraction of sp³-hybridized carbons (Fsp3) is 0.533. The summed E-state index contributed by atoms with van der Waals surface area (Å²) in [6.07, 6.45) is 7.27. The minimum absolute atomic E-state index is 0. The van der Waals surface area contributed by atoms with Gasteiger partial charge in [0.15, 0.2) is 12.4 Å². The zero-order chi connectivity index (χ0) is 14.6. The number of halogens is 1. The Balaban J connectivity index is 0.00000400. The number of carbonyl (C=O) groups is 2. The molecule has 21 heavy (non-hydrogen) atoms. The Morgan fingerprint density at radius 1 is 0.952 bits per heavy atom. The monoisotopic (exact) mass is 357 g/mol. The average molecular weight is 358 g/mol. The van der Waals surface area contributed by atoms with Gasteiger partial charge in [-0.2, -0.15) is 0 Å². The third-order valence-electron chi connectivity index (χ3n) is 2.90. The molecule has 6 heteroatoms. The molecule has 0 saturated heterocycles. The van der Waals surface area contributed by atoms with Crippen LogP contribution in [0.15, 0.2) is 30.6 Å². The number of unbranched alkanes of at least 4 members (excludes halogenated alkanes) is 1. The molecule has 1 rings (SSSR count). The van der Waals surface area contributed by atoms with E-state index in [2.05, 4.69) is 15.2 Å². The minimum atomic E-state index is -0.0326. The third kappa shape index (κ3) is 11.0. The summed E-state index contributed by atoms with van der Waals surface area (Å²) in [7, 11) is 0. The lowest BCUT2D eigenvalue weighted by Gasteiger charge is -2.05. The summed E-state index contributed by atoms with van der Waals surface area (Å²) in [4.78, 5) is 22.2. The lowest BCUT2D eigenvalue weighted by atomic mass is 10.2. The first-order chi connectivity index (χ1) is 9.68. The number of aryl methyl sites for hydroxylation is 1. The maximum Gasteiger partial charge on any atom is 0.219 e. The lowest BCUT2D eigenvalue weighted by molar-refractivity contribution is -0.697. The van der Waals surface area contributed by atoms with Crippen molar-refractivity contribution in [1.82, 2.24) is 10.6 Å². The first kappa shape index (κ1) is 19.6. The molecule has 118 valence electrons. The van der Waals surface area contributed by atoms with Gasteiger partial charge < -0.3 is 27.6 Å². The Hall–Kier alpha value is -1.43. The van der Waals surface area contributed by atoms with E-state index in [0.717, 1.165) is 25.8 Å². The van der Waals surface area contributed by atoms with Crippen molar-refractivity contribution in [2.75, 3.05) is 13.1 Å². The first-order valence-corrected chi connectivity index (χ1v) is 7.13. The predicted molar refractivity (Wildman–Crippen MR) is 76.8 cm³/mol. The van der Waals surface area contributed by atoms with E-state index in [-0.39, 0.29) is 28.8 Å². The first-order valence-electron chi connectivity index (χ1n) is 7.13. The summed E-state index contributed by atoms with van der Waals surface area (Å²) >= 11 is 0. The molecule has 0 radical (unpaired) electrons. The van der Waals surface area contributed by atoms with Crippen LogP contribution in [0, 0.1) is 0 Å². The number of hydrogen-bond donors (Lipinski definition) is 2. The summed E-state index contributed by atoms with van der Waals surface area (Å²) in [6.45, 7) is 3.66. The van der Waals surface area contributed by atoms with Gasteiger partial charge in [0, 0.05) is 45.0 Å². The van der Waals surface area contributed by atoms with Crippen LogP contribution in [0.4, 0.5) is 0 Å². The molecular formula is C15H24BrN3O2. The summed E-state index contributed by atoms with van der Waals surface area (Å²) in [6, 6.07) is 5.99. The van der Waals surface area contributed by atoms with E-state index < -0.39 is 0 Å². The fourth-order valence-electron chi connectivity index (χ4n) is 1.83. The molecule has 1 aromatic heterocycles. The number of aromatic nitrogens is 1. The molecule has 2 amide bonds. The molecule has 0 aromatic carbocycles. The highest BCUT2D eigenvalue weighted by Crippen LogP contribution is 1.95. The summed E-state index contributed by atoms with van der Waals surface area (Å²) in [5, 5.41) is 5.55. The summed E-state index contributed by atoms with van der Waals surface area (Å²) in [5.74, 6) is 0.0561. The van der Waals surface area contributed by atoms with Crippen LogP contribution < -0.4 is 32.2 Å². The van der Waals surface area contributed by atoms with Crippen molar-refractivity contribution < 1.29 is 31.1 Å². The zero-order valence-electron chi connectivity index (χ0n) is 12.5. The summed E-state index contributed by atoms with van der Waals surface area (Å²) < 4.78 is 2.12. The van der Waals surface area contributed by atoms with E-state index in [4.69, 9.17) is 0 Å². The van der Waals surface area contributed by atoms with Crippen LogP contribution in [-0.4, -0.2) is 24.9 Å². The normalized spacial score (nSPS) is 9.57. The van der Waals surface area contributed by atoms with Gasteiger partial charge in [-0.05, 0) is 12.8 Å². The number of nitrogens with one attached hydrogen (secondary N) is 2. The van der Waals surface area contributed by atoms with Crippen LogP contribution in [0.25, 0.3) is 0 Å². The van der Waals surface area contributed by atoms with Gasteiger partial charge in [-0.15, -0.1) is 0 Å². The van der Waals surface area contributed by atoms with Gasteiger partial charge in [0.1, 0.15) is 6.54 Å². The topological polar surface area (TPSA) is 62.1 Å². The molecule has 0 aliphatic rings. The minimum Gasteiger partial charge on any atom is -1.00 e. The van der Waals surface area contributed by atoms with Crippen LogP contribution in [0.3, 0.4) is 0 Å². The smallest absolute Gasteiger partial charge is 0.219 e. The molecule has 1 heterocycles. The molecule has 5 nitrogen and oxygen atoms in total. The quantitative estimate of drug-likeness (QED) is 0.389. The molecule has 0 unspecified atom stereocenters. The second-order valence-corrected chi connectivity index (χ2v) is 4.76. The van der Waals surface area contributed by atoms with Gasteiger partial charge in [0.05, 0.1) is 0 Å². The van der Waals surface area contributed by atoms with Crippen molar-refractivity contribution in [3.63, 3.8) is 0 Å². The van der Waals surface area contributed by atoms with Gasteiger partial charge >= 0.3 is 0 Å². The molecule has 1 aromatic rings. The zero-order valence-corrected chi connectivity index (χ0v) is 14.1. The fourth-order valence-corrected chi connectivity index (χ4v) is 1.83. The standard InChI is InChI=1S/C15H23N3O2.BrH/c1-14(19)16-9-7-10-17-15(20)8-3-6-13-18-11-4-2-5-12-18;/h2,4-5,11-12H,3,6-10,13H2,1H3,(H-,16,17,19,20);1H. The Kier molecular flexibility index (Phi) is 11.5. The van der Waals surface area contributed by atoms with Crippen LogP contribution in [0.1, 0.15) is 32.6 Å². The van der Waals surface area contributed by atoms with E-state index in [1.807, 2.05) is 30.6 Å². The predicted octanol–water partition coefficient (Wildman–Crippen LogP) is -2.21. The van der Waals surface area contributed by atoms with E-state index in [0.29, 0.717) is 19.5 Å². The highest BCUT2D eigenvalue weighted by atomic mass is 79.9. The average Bonchev–Trinajstić information content (AvgIpc) is 2.44. The molecule has 0 spiro atoms. The van der Waals surface area contributed by atoms with Crippen molar-refractivity contribution in [3.8, 4) is 0 Å². The number of hydrogen-bond acceptors (Lipinski definition) is 2. The van der Waals surface area contributed by atoms with E-state index >= 15 is 0 Å². The molecular weight excluding hydrogens is 334 g/mol. The molecule has 0 saturated carbocycles. The van der Waals surface area contributed by atoms with Crippen LogP contribution in [0.2, 0.25) is 0 Å². The molecule has 2 N–H and O–H groups in total. The highest BCUT2D eigenvalue weighted by Gasteiger charge is 2.02. The molecule has 0 aliphatic carbocycles. The van der Waals surface area contributed by atoms with Gasteiger partial charge in [0.2, 0.25) is 11.8 Å². The molecule has 0 atom stereocenters. The van der Waals surface area contributed by atoms with Gasteiger partial charge in [-0.1, -0.05) is 6.07 Å². The van der Waals surface area contributed by atoms with Gasteiger partial charge in [0.25, 0.3) is 0 Å². The van der Waals surface area contributed by atoms with Crippen molar-refractivity contribution in [2.45, 2.75) is 39.2 Å². The molecule has 0 fully saturated rings. The summed E-state index contributed by atoms with van der Waals surface area (Å²) in [5.41, 5.74) is 0. The maximum absolute atomic E-state index is 11.5. The van der Waals surface area contributed by atoms with Crippen molar-refractivity contribution in [1.29, 1.82) is 0 Å². The molecule has 0 aliphatic heterocycles. The lowest BCUT2D eigenvalue weighted by Crippen LogP contribution is -3.00. The van der Waals surface area contributed by atoms with Crippen molar-refractivity contribution in [2.24, 2.45) is 0 Å². The van der Waals surface area contributed by atoms with Crippen LogP contribution >= 0.6 is 0 Å². The van der Waals surface area contributed by atoms with E-state index in [1.165, 1.54) is 6.92 Å². The Labute approximate surface area is 136 Å². The maximum atomic E-state index is 11.5. The van der Waals surface area contributed by atoms with Crippen LogP contribution in [-0.2, 0) is 16.1 Å². The second-order valence-electron chi connectivity index (χ2n) is 4.76. The third-order valence-corrected chi connectivity index (χ3v) is 2.90. The second kappa shape index (κ2) is 12.3. The largest absolute Gasteiger partial charge is 1.00 e. The number of nitrogens with zero attached hydrogens (tertiary/aromatic N) is 1. The number of pyridine rings is 1. The number of rotatable bonds is 9. The number of carbonyl (C=O) groups excluding carboxylic acids is 2. The SMILES string of the molecule is CC(=O)NCCCNC(=O)CCCC[n+]1ccccc1.[Br-]. The van der Waals surface area contributed by atoms with E-state index in [9.17, 15) is 9.59 Å². The Morgan fingerprint density at radius 3 is 2.29 bits per heavy atom. The van der Waals surface area contributed by atoms with Crippen molar-refractivity contribution >= 4 is 11.8 Å². The number of amides is 2. The van der Waals surface area contributed by atoms with Crippen LogP contribution in [0.5, 0.6) is 0 Å². The Bertz CT molecular complexity index is 413. The van der Waals surface area contributed by atoms with Gasteiger partial charge in [-0.25, -0.2) is 4.57 Å².